The van der Waals surface area contributed by atoms with Gasteiger partial charge in [0.05, 0.1) is 0 Å². The molecule has 0 radical (unpaired) electrons. The quantitative estimate of drug-likeness (QED) is 0.775. The molecule has 1 atom stereocenters. The van der Waals surface area contributed by atoms with Crippen LogP contribution in [-0.2, 0) is 0 Å². The fourth-order valence-corrected chi connectivity index (χ4v) is 1.77. The lowest BCUT2D eigenvalue weighted by Gasteiger charge is -2.23. The highest BCUT2D eigenvalue weighted by Gasteiger charge is 2.15. The Labute approximate surface area is 124 Å². The van der Waals surface area contributed by atoms with Crippen LogP contribution in [0.4, 0.5) is 0 Å². The molecule has 5 heteroatoms. The highest BCUT2D eigenvalue weighted by atomic mass is 35.5. The minimum absolute atomic E-state index is 0.177. The van der Waals surface area contributed by atoms with Gasteiger partial charge in [-0.05, 0) is 44.4 Å². The van der Waals surface area contributed by atoms with Gasteiger partial charge >= 0.3 is 0 Å². The van der Waals surface area contributed by atoms with Crippen LogP contribution in [0.15, 0.2) is 24.3 Å². The molecule has 108 valence electrons. The summed E-state index contributed by atoms with van der Waals surface area (Å²) >= 11 is 7.58. The lowest BCUT2D eigenvalue weighted by molar-refractivity contribution is 0.106. The van der Waals surface area contributed by atoms with Crippen molar-refractivity contribution in [1.29, 1.82) is 0 Å². The van der Waals surface area contributed by atoms with Crippen molar-refractivity contribution in [2.45, 2.75) is 24.7 Å². The van der Waals surface area contributed by atoms with Crippen molar-refractivity contribution in [2.75, 3.05) is 26.0 Å². The molecular formula is C14H22ClNO2S. The molecule has 0 saturated heterocycles. The van der Waals surface area contributed by atoms with Crippen molar-refractivity contribution >= 4 is 23.4 Å². The number of hydrogen-bond donors (Lipinski definition) is 2. The van der Waals surface area contributed by atoms with Crippen LogP contribution in [-0.4, -0.2) is 41.9 Å². The van der Waals surface area contributed by atoms with Crippen molar-refractivity contribution in [2.24, 2.45) is 0 Å². The molecule has 0 aromatic heterocycles. The van der Waals surface area contributed by atoms with Gasteiger partial charge in [-0.1, -0.05) is 11.6 Å². The molecule has 0 aliphatic carbocycles. The van der Waals surface area contributed by atoms with Crippen molar-refractivity contribution in [3.05, 3.63) is 29.3 Å². The minimum Gasteiger partial charge on any atom is -0.491 e. The van der Waals surface area contributed by atoms with E-state index in [4.69, 9.17) is 16.3 Å². The Morgan fingerprint density at radius 1 is 1.37 bits per heavy atom. The third-order valence-corrected chi connectivity index (χ3v) is 4.24. The van der Waals surface area contributed by atoms with Crippen molar-refractivity contribution in [3.63, 3.8) is 0 Å². The zero-order valence-electron chi connectivity index (χ0n) is 11.6. The number of rotatable bonds is 8. The standard InChI is InChI=1S/C14H22ClNO2S/c1-14(2,19-3)10-16-8-12(17)9-18-13-6-4-11(15)5-7-13/h4-7,12,16-17H,8-10H2,1-3H3. The van der Waals surface area contributed by atoms with Crippen molar-refractivity contribution in [3.8, 4) is 5.75 Å². The van der Waals surface area contributed by atoms with Gasteiger partial charge in [-0.15, -0.1) is 0 Å². The van der Waals surface area contributed by atoms with Crippen molar-refractivity contribution in [1.82, 2.24) is 5.32 Å². The minimum atomic E-state index is -0.520. The smallest absolute Gasteiger partial charge is 0.119 e. The maximum Gasteiger partial charge on any atom is 0.119 e. The van der Waals surface area contributed by atoms with Crippen LogP contribution in [0.1, 0.15) is 13.8 Å². The number of thioether (sulfide) groups is 1. The molecule has 19 heavy (non-hydrogen) atoms. The van der Waals surface area contributed by atoms with Crippen LogP contribution in [0.5, 0.6) is 5.75 Å². The van der Waals surface area contributed by atoms with E-state index in [0.29, 0.717) is 17.3 Å². The van der Waals surface area contributed by atoms with Gasteiger partial charge in [0.15, 0.2) is 0 Å². The zero-order valence-corrected chi connectivity index (χ0v) is 13.2. The average molecular weight is 304 g/mol. The van der Waals surface area contributed by atoms with Gasteiger partial charge in [0.2, 0.25) is 0 Å². The molecule has 0 amide bonds. The fourth-order valence-electron chi connectivity index (χ4n) is 1.39. The van der Waals surface area contributed by atoms with Gasteiger partial charge in [-0.25, -0.2) is 0 Å². The summed E-state index contributed by atoms with van der Waals surface area (Å²) in [4.78, 5) is 0. The molecule has 0 fully saturated rings. The molecule has 0 aliphatic rings. The van der Waals surface area contributed by atoms with E-state index in [9.17, 15) is 5.11 Å². The second-order valence-electron chi connectivity index (χ2n) is 5.01. The van der Waals surface area contributed by atoms with E-state index >= 15 is 0 Å². The number of ether oxygens (including phenoxy) is 1. The largest absolute Gasteiger partial charge is 0.491 e. The SMILES string of the molecule is CSC(C)(C)CNCC(O)COc1ccc(Cl)cc1. The molecule has 0 spiro atoms. The predicted octanol–water partition coefficient (Wildman–Crippen LogP) is 2.81. The number of aliphatic hydroxyl groups is 1. The van der Waals surface area contributed by atoms with E-state index in [2.05, 4.69) is 25.4 Å². The van der Waals surface area contributed by atoms with Gasteiger partial charge < -0.3 is 15.2 Å². The summed E-state index contributed by atoms with van der Waals surface area (Å²) in [5, 5.41) is 13.7. The first-order chi connectivity index (χ1) is 8.93. The third-order valence-electron chi connectivity index (χ3n) is 2.74. The number of hydrogen-bond acceptors (Lipinski definition) is 4. The van der Waals surface area contributed by atoms with Gasteiger partial charge in [0.1, 0.15) is 18.5 Å². The summed E-state index contributed by atoms with van der Waals surface area (Å²) in [5.74, 6) is 0.716. The fraction of sp³-hybridized carbons (Fsp3) is 0.571. The molecule has 0 bridgehead atoms. The van der Waals surface area contributed by atoms with E-state index in [1.165, 1.54) is 0 Å². The normalized spacial score (nSPS) is 13.3. The molecule has 0 saturated carbocycles. The first-order valence-corrected chi connectivity index (χ1v) is 7.85. The topological polar surface area (TPSA) is 41.5 Å². The summed E-state index contributed by atoms with van der Waals surface area (Å²) < 4.78 is 5.66. The summed E-state index contributed by atoms with van der Waals surface area (Å²) in [6.07, 6.45) is 1.57. The molecule has 2 N–H and O–H groups in total. The van der Waals surface area contributed by atoms with Gasteiger partial charge in [0, 0.05) is 22.9 Å². The molecule has 1 aromatic rings. The van der Waals surface area contributed by atoms with Crippen LogP contribution >= 0.6 is 23.4 Å². The Balaban J connectivity index is 2.21. The van der Waals surface area contributed by atoms with Crippen LogP contribution in [0.3, 0.4) is 0 Å². The second-order valence-corrected chi connectivity index (χ2v) is 6.96. The van der Waals surface area contributed by atoms with Crippen molar-refractivity contribution < 1.29 is 9.84 Å². The lowest BCUT2D eigenvalue weighted by Crippen LogP contribution is -2.38. The Morgan fingerprint density at radius 2 is 2.00 bits per heavy atom. The van der Waals surface area contributed by atoms with Crippen LogP contribution in [0.2, 0.25) is 5.02 Å². The summed E-state index contributed by atoms with van der Waals surface area (Å²) in [5.41, 5.74) is 0. The Bertz CT molecular complexity index is 370. The Kier molecular flexibility index (Phi) is 7.00. The summed E-state index contributed by atoms with van der Waals surface area (Å²) in [6, 6.07) is 7.11. The molecule has 3 nitrogen and oxygen atoms in total. The maximum atomic E-state index is 9.81. The molecule has 0 aliphatic heterocycles. The number of benzene rings is 1. The molecule has 1 unspecified atom stereocenters. The molecule has 1 aromatic carbocycles. The summed E-state index contributed by atoms with van der Waals surface area (Å²) in [7, 11) is 0. The van der Waals surface area contributed by atoms with E-state index in [0.717, 1.165) is 6.54 Å². The van der Waals surface area contributed by atoms with Gasteiger partial charge in [-0.2, -0.15) is 11.8 Å². The maximum absolute atomic E-state index is 9.81. The molecule has 0 heterocycles. The first-order valence-electron chi connectivity index (χ1n) is 6.25. The third kappa shape index (κ3) is 7.06. The Hall–Kier alpha value is -0.420. The summed E-state index contributed by atoms with van der Waals surface area (Å²) in [6.45, 7) is 5.99. The zero-order chi connectivity index (χ0) is 14.3. The van der Waals surface area contributed by atoms with Gasteiger partial charge in [0.25, 0.3) is 0 Å². The number of aliphatic hydroxyl groups excluding tert-OH is 1. The lowest BCUT2D eigenvalue weighted by atomic mass is 10.2. The van der Waals surface area contributed by atoms with Crippen LogP contribution in [0, 0.1) is 0 Å². The molecule has 1 rings (SSSR count). The van der Waals surface area contributed by atoms with Crippen LogP contribution in [0.25, 0.3) is 0 Å². The Morgan fingerprint density at radius 3 is 2.58 bits per heavy atom. The molecular weight excluding hydrogens is 282 g/mol. The average Bonchev–Trinajstić information content (AvgIpc) is 2.38. The highest BCUT2D eigenvalue weighted by molar-refractivity contribution is 7.99. The van der Waals surface area contributed by atoms with E-state index in [1.54, 1.807) is 36.0 Å². The first kappa shape index (κ1) is 16.6. The second kappa shape index (κ2) is 8.00. The monoisotopic (exact) mass is 303 g/mol. The highest BCUT2D eigenvalue weighted by Crippen LogP contribution is 2.19. The van der Waals surface area contributed by atoms with Gasteiger partial charge in [-0.3, -0.25) is 0 Å². The number of nitrogens with one attached hydrogen (secondary N) is 1. The number of halogens is 1. The van der Waals surface area contributed by atoms with E-state index in [1.807, 2.05) is 0 Å². The predicted molar refractivity (Wildman–Crippen MR) is 83.4 cm³/mol. The van der Waals surface area contributed by atoms with E-state index in [-0.39, 0.29) is 11.4 Å². The van der Waals surface area contributed by atoms with E-state index < -0.39 is 6.10 Å². The van der Waals surface area contributed by atoms with Crippen LogP contribution < -0.4 is 10.1 Å².